The molecule has 0 atom stereocenters. The quantitative estimate of drug-likeness (QED) is 0.490. The summed E-state index contributed by atoms with van der Waals surface area (Å²) in [4.78, 5) is 0. The van der Waals surface area contributed by atoms with Gasteiger partial charge >= 0.3 is 0 Å². The molecule has 0 saturated carbocycles. The van der Waals surface area contributed by atoms with E-state index in [1.54, 1.807) is 0 Å². The highest BCUT2D eigenvalue weighted by Gasteiger charge is 1.94. The lowest BCUT2D eigenvalue weighted by atomic mass is 10.0. The van der Waals surface area contributed by atoms with Gasteiger partial charge < -0.3 is 0 Å². The minimum absolute atomic E-state index is 0.659. The Kier molecular flexibility index (Phi) is 35.8. The Morgan fingerprint density at radius 3 is 0.778 bits per heavy atom. The second-order valence-corrected chi connectivity index (χ2v) is 5.84. The van der Waals surface area contributed by atoms with E-state index >= 15 is 0 Å². The molecule has 0 amide bonds. The first kappa shape index (κ1) is 33.1. The Morgan fingerprint density at radius 1 is 0.481 bits per heavy atom. The smallest absolute Gasteiger partial charge is 0.0219 e. The fourth-order valence-electron chi connectivity index (χ4n) is 1.68. The third-order valence-electron chi connectivity index (χ3n) is 2.93. The van der Waals surface area contributed by atoms with Crippen LogP contribution in [0.2, 0.25) is 0 Å². The van der Waals surface area contributed by atoms with Crippen molar-refractivity contribution >= 4 is 0 Å². The summed E-state index contributed by atoms with van der Waals surface area (Å²) in [5.41, 5.74) is 2.83. The molecule has 0 N–H and O–H groups in total. The van der Waals surface area contributed by atoms with Crippen molar-refractivity contribution in [2.24, 2.45) is 0 Å². The SMILES string of the molecule is CC.CC.CC.CC(C)c1ccccc1.CC(C)c1ccccc1.CCC. The van der Waals surface area contributed by atoms with Crippen LogP contribution in [0.3, 0.4) is 0 Å². The summed E-state index contributed by atoms with van der Waals surface area (Å²) in [5.74, 6) is 1.32. The summed E-state index contributed by atoms with van der Waals surface area (Å²) in [5, 5.41) is 0. The zero-order chi connectivity index (χ0) is 22.1. The van der Waals surface area contributed by atoms with Gasteiger partial charge in [0.05, 0.1) is 0 Å². The molecular weight excluding hydrogens is 324 g/mol. The van der Waals surface area contributed by atoms with Crippen molar-refractivity contribution in [1.29, 1.82) is 0 Å². The molecular formula is C27H50. The number of hydrogen-bond acceptors (Lipinski definition) is 0. The molecule has 0 aliphatic rings. The van der Waals surface area contributed by atoms with Crippen LogP contribution in [0.4, 0.5) is 0 Å². The van der Waals surface area contributed by atoms with Crippen molar-refractivity contribution < 1.29 is 0 Å². The Labute approximate surface area is 173 Å². The van der Waals surface area contributed by atoms with Gasteiger partial charge in [-0.3, -0.25) is 0 Å². The first-order valence-corrected chi connectivity index (χ1v) is 11.1. The van der Waals surface area contributed by atoms with E-state index in [-0.39, 0.29) is 0 Å². The second kappa shape index (κ2) is 29.2. The standard InChI is InChI=1S/2C9H12.C3H8.3C2H6/c2*1-8(2)9-6-4-3-5-7-9;1-3-2;3*1-2/h2*3-8H,1-2H3;3H2,1-2H3;3*1-2H3. The highest BCUT2D eigenvalue weighted by molar-refractivity contribution is 5.18. The summed E-state index contributed by atoms with van der Waals surface area (Å²) >= 11 is 0. The van der Waals surface area contributed by atoms with Crippen molar-refractivity contribution in [2.75, 3.05) is 0 Å². The summed E-state index contributed by atoms with van der Waals surface area (Å²) < 4.78 is 0. The van der Waals surface area contributed by atoms with Crippen LogP contribution in [0, 0.1) is 0 Å². The Hall–Kier alpha value is -1.56. The highest BCUT2D eigenvalue weighted by Crippen LogP contribution is 2.12. The zero-order valence-electron chi connectivity index (χ0n) is 20.6. The van der Waals surface area contributed by atoms with Crippen LogP contribution in [-0.4, -0.2) is 0 Å². The van der Waals surface area contributed by atoms with Crippen LogP contribution >= 0.6 is 0 Å². The lowest BCUT2D eigenvalue weighted by Gasteiger charge is -2.01. The van der Waals surface area contributed by atoms with Gasteiger partial charge in [-0.2, -0.15) is 0 Å². The van der Waals surface area contributed by atoms with E-state index in [2.05, 4.69) is 90.1 Å². The summed E-state index contributed by atoms with van der Waals surface area (Å²) in [6.45, 7) is 25.1. The molecule has 2 rings (SSSR count). The zero-order valence-corrected chi connectivity index (χ0v) is 20.6. The van der Waals surface area contributed by atoms with Crippen molar-refractivity contribution in [3.8, 4) is 0 Å². The highest BCUT2D eigenvalue weighted by atomic mass is 14.0. The van der Waals surface area contributed by atoms with E-state index in [0.29, 0.717) is 11.8 Å². The minimum atomic E-state index is 0.659. The molecule has 158 valence electrons. The maximum absolute atomic E-state index is 2.20. The van der Waals surface area contributed by atoms with Gasteiger partial charge in [0, 0.05) is 0 Å². The minimum Gasteiger partial charge on any atom is -0.0683 e. The maximum atomic E-state index is 2.20. The van der Waals surface area contributed by atoms with E-state index in [9.17, 15) is 0 Å². The van der Waals surface area contributed by atoms with Gasteiger partial charge in [0.25, 0.3) is 0 Å². The fourth-order valence-corrected chi connectivity index (χ4v) is 1.68. The molecule has 0 aromatic heterocycles. The molecule has 0 aliphatic heterocycles. The molecule has 2 aromatic rings. The van der Waals surface area contributed by atoms with Gasteiger partial charge in [-0.15, -0.1) is 0 Å². The molecule has 0 unspecified atom stereocenters. The largest absolute Gasteiger partial charge is 0.0683 e. The first-order valence-electron chi connectivity index (χ1n) is 11.1. The molecule has 0 nitrogen and oxygen atoms in total. The van der Waals surface area contributed by atoms with E-state index < -0.39 is 0 Å². The average molecular weight is 375 g/mol. The first-order chi connectivity index (χ1) is 13.0. The van der Waals surface area contributed by atoms with Crippen molar-refractivity contribution in [2.45, 2.75) is 101 Å². The van der Waals surface area contributed by atoms with Gasteiger partial charge in [0.15, 0.2) is 0 Å². The third-order valence-corrected chi connectivity index (χ3v) is 2.93. The van der Waals surface area contributed by atoms with Gasteiger partial charge in [-0.05, 0) is 23.0 Å². The lowest BCUT2D eigenvalue weighted by molar-refractivity contribution is 0.867. The molecule has 0 heteroatoms. The molecule has 0 saturated heterocycles. The average Bonchev–Trinajstić information content (AvgIpc) is 2.75. The van der Waals surface area contributed by atoms with E-state index in [1.165, 1.54) is 17.5 Å². The molecule has 0 heterocycles. The number of benzene rings is 2. The molecule has 27 heavy (non-hydrogen) atoms. The summed E-state index contributed by atoms with van der Waals surface area (Å²) in [6, 6.07) is 21.0. The number of hydrogen-bond donors (Lipinski definition) is 0. The van der Waals surface area contributed by atoms with E-state index in [0.717, 1.165) is 0 Å². The third kappa shape index (κ3) is 24.4. The summed E-state index contributed by atoms with van der Waals surface area (Å²) in [7, 11) is 0. The van der Waals surface area contributed by atoms with Crippen LogP contribution in [-0.2, 0) is 0 Å². The molecule has 2 aromatic carbocycles. The van der Waals surface area contributed by atoms with Gasteiger partial charge in [0.1, 0.15) is 0 Å². The van der Waals surface area contributed by atoms with Crippen molar-refractivity contribution in [1.82, 2.24) is 0 Å². The van der Waals surface area contributed by atoms with Crippen LogP contribution in [0.15, 0.2) is 60.7 Å². The van der Waals surface area contributed by atoms with Crippen LogP contribution in [0.1, 0.15) is 112 Å². The van der Waals surface area contributed by atoms with Gasteiger partial charge in [-0.1, -0.05) is 150 Å². The van der Waals surface area contributed by atoms with Crippen LogP contribution < -0.4 is 0 Å². The Balaban J connectivity index is -0.000000138. The second-order valence-electron chi connectivity index (χ2n) is 5.84. The number of rotatable bonds is 2. The predicted molar refractivity (Wildman–Crippen MR) is 131 cm³/mol. The molecule has 0 radical (unpaired) electrons. The molecule has 0 aliphatic carbocycles. The van der Waals surface area contributed by atoms with E-state index in [4.69, 9.17) is 0 Å². The van der Waals surface area contributed by atoms with Gasteiger partial charge in [-0.25, -0.2) is 0 Å². The van der Waals surface area contributed by atoms with Crippen LogP contribution in [0.5, 0.6) is 0 Å². The molecule has 0 spiro atoms. The van der Waals surface area contributed by atoms with Crippen LogP contribution in [0.25, 0.3) is 0 Å². The maximum Gasteiger partial charge on any atom is -0.0219 e. The van der Waals surface area contributed by atoms with Crippen molar-refractivity contribution in [3.05, 3.63) is 71.8 Å². The molecule has 0 fully saturated rings. The van der Waals surface area contributed by atoms with Crippen molar-refractivity contribution in [3.63, 3.8) is 0 Å². The molecule has 0 bridgehead atoms. The summed E-state index contributed by atoms with van der Waals surface area (Å²) in [6.07, 6.45) is 1.25. The van der Waals surface area contributed by atoms with E-state index in [1.807, 2.05) is 53.7 Å². The normalized spacial score (nSPS) is 8.07. The predicted octanol–water partition coefficient (Wildman–Crippen LogP) is 10.1. The Morgan fingerprint density at radius 2 is 0.667 bits per heavy atom. The Bertz CT molecular complexity index is 383. The topological polar surface area (TPSA) is 0 Å². The lowest BCUT2D eigenvalue weighted by Crippen LogP contribution is -1.83. The van der Waals surface area contributed by atoms with Gasteiger partial charge in [0.2, 0.25) is 0 Å². The fraction of sp³-hybridized carbons (Fsp3) is 0.556. The monoisotopic (exact) mass is 374 g/mol.